The average molecular weight is 421 g/mol. The van der Waals surface area contributed by atoms with Crippen LogP contribution in [0.1, 0.15) is 31.2 Å². The number of pyridine rings is 1. The van der Waals surface area contributed by atoms with Crippen LogP contribution in [-0.4, -0.2) is 68.5 Å². The Kier molecular flexibility index (Phi) is 5.79. The van der Waals surface area contributed by atoms with Crippen molar-refractivity contribution in [2.45, 2.75) is 43.9 Å². The topological polar surface area (TPSA) is 62.7 Å². The lowest BCUT2D eigenvalue weighted by Crippen LogP contribution is -2.72. The van der Waals surface area contributed by atoms with Gasteiger partial charge in [0, 0.05) is 38.7 Å². The minimum atomic E-state index is -4.59. The number of ether oxygens (including phenoxy) is 1. The molecule has 3 rings (SSSR count). The summed E-state index contributed by atoms with van der Waals surface area (Å²) in [6, 6.07) is 1.73. The Morgan fingerprint density at radius 2 is 1.89 bits per heavy atom. The summed E-state index contributed by atoms with van der Waals surface area (Å²) in [4.78, 5) is 5.59. The van der Waals surface area contributed by atoms with Crippen LogP contribution in [0.2, 0.25) is 0 Å². The number of sulfonamides is 1. The van der Waals surface area contributed by atoms with E-state index in [1.54, 1.807) is 7.11 Å². The molecule has 0 aromatic carbocycles. The van der Waals surface area contributed by atoms with Crippen molar-refractivity contribution in [2.75, 3.05) is 39.8 Å². The van der Waals surface area contributed by atoms with Gasteiger partial charge < -0.3 is 9.64 Å². The van der Waals surface area contributed by atoms with Gasteiger partial charge in [0.15, 0.2) is 0 Å². The molecule has 2 fully saturated rings. The Bertz CT molecular complexity index is 815. The molecule has 2 saturated heterocycles. The van der Waals surface area contributed by atoms with Crippen molar-refractivity contribution in [1.29, 1.82) is 0 Å². The highest BCUT2D eigenvalue weighted by Crippen LogP contribution is 2.42. The lowest BCUT2D eigenvalue weighted by molar-refractivity contribution is -0.141. The first kappa shape index (κ1) is 21.5. The molecular formula is C18H26F3N3O3S. The summed E-state index contributed by atoms with van der Waals surface area (Å²) < 4.78 is 70.3. The number of halogens is 3. The van der Waals surface area contributed by atoms with Gasteiger partial charge in [-0.3, -0.25) is 0 Å². The number of aryl methyl sites for hydroxylation is 1. The highest BCUT2D eigenvalue weighted by molar-refractivity contribution is 7.89. The Hall–Kier alpha value is -1.23. The molecule has 2 aliphatic rings. The van der Waals surface area contributed by atoms with Gasteiger partial charge in [0.05, 0.1) is 11.8 Å². The summed E-state index contributed by atoms with van der Waals surface area (Å²) in [6.45, 7) is 6.80. The summed E-state index contributed by atoms with van der Waals surface area (Å²) in [6.07, 6.45) is -2.34. The number of hydrogen-bond acceptors (Lipinski definition) is 5. The number of aromatic nitrogens is 1. The summed E-state index contributed by atoms with van der Waals surface area (Å²) in [5, 5.41) is 0. The van der Waals surface area contributed by atoms with Crippen LogP contribution in [0.3, 0.4) is 0 Å². The Balaban J connectivity index is 1.55. The predicted molar refractivity (Wildman–Crippen MR) is 97.3 cm³/mol. The van der Waals surface area contributed by atoms with Gasteiger partial charge in [-0.2, -0.15) is 17.5 Å². The third-order valence-corrected chi connectivity index (χ3v) is 7.50. The molecule has 2 aliphatic heterocycles. The third-order valence-electron chi connectivity index (χ3n) is 5.57. The Labute approximate surface area is 163 Å². The van der Waals surface area contributed by atoms with E-state index < -0.39 is 21.9 Å². The molecule has 0 N–H and O–H groups in total. The van der Waals surface area contributed by atoms with Crippen LogP contribution in [0.25, 0.3) is 0 Å². The summed E-state index contributed by atoms with van der Waals surface area (Å²) in [5.41, 5.74) is -1.23. The van der Waals surface area contributed by atoms with E-state index in [0.717, 1.165) is 44.6 Å². The van der Waals surface area contributed by atoms with Crippen molar-refractivity contribution in [2.24, 2.45) is 5.41 Å². The minimum absolute atomic E-state index is 0.0206. The van der Waals surface area contributed by atoms with E-state index in [0.29, 0.717) is 13.1 Å². The fourth-order valence-electron chi connectivity index (χ4n) is 3.97. The zero-order valence-corrected chi connectivity index (χ0v) is 17.1. The normalized spacial score (nSPS) is 21.4. The van der Waals surface area contributed by atoms with Gasteiger partial charge in [-0.05, 0) is 45.4 Å². The SMILES string of the molecule is COC(C)CCCN1CC2(C1)CN(S(=O)(=O)c1ccc(C(F)(F)F)nc1C)C2. The van der Waals surface area contributed by atoms with Crippen LogP contribution >= 0.6 is 0 Å². The molecule has 1 atom stereocenters. The number of hydrogen-bond donors (Lipinski definition) is 0. The molecular weight excluding hydrogens is 395 g/mol. The largest absolute Gasteiger partial charge is 0.433 e. The molecule has 28 heavy (non-hydrogen) atoms. The first-order valence-electron chi connectivity index (χ1n) is 9.27. The number of rotatable bonds is 7. The van der Waals surface area contributed by atoms with Crippen molar-refractivity contribution in [3.63, 3.8) is 0 Å². The minimum Gasteiger partial charge on any atom is -0.382 e. The summed E-state index contributed by atoms with van der Waals surface area (Å²) >= 11 is 0. The molecule has 3 heterocycles. The van der Waals surface area contributed by atoms with E-state index >= 15 is 0 Å². The molecule has 1 unspecified atom stereocenters. The zero-order chi connectivity index (χ0) is 20.7. The van der Waals surface area contributed by atoms with Crippen LogP contribution in [-0.2, 0) is 20.9 Å². The molecule has 1 aromatic heterocycles. The van der Waals surface area contributed by atoms with Gasteiger partial charge in [-0.1, -0.05) is 0 Å². The van der Waals surface area contributed by atoms with Gasteiger partial charge in [-0.25, -0.2) is 13.4 Å². The molecule has 0 saturated carbocycles. The quantitative estimate of drug-likeness (QED) is 0.677. The molecule has 158 valence electrons. The Morgan fingerprint density at radius 1 is 1.25 bits per heavy atom. The van der Waals surface area contributed by atoms with Crippen LogP contribution in [0.15, 0.2) is 17.0 Å². The van der Waals surface area contributed by atoms with E-state index in [1.807, 2.05) is 6.92 Å². The lowest BCUT2D eigenvalue weighted by Gasteiger charge is -2.59. The van der Waals surface area contributed by atoms with E-state index in [1.165, 1.54) is 11.2 Å². The number of methoxy groups -OCH3 is 1. The second kappa shape index (κ2) is 7.55. The predicted octanol–water partition coefficient (Wildman–Crippen LogP) is 2.53. The first-order chi connectivity index (χ1) is 13.0. The number of alkyl halides is 3. The van der Waals surface area contributed by atoms with Gasteiger partial charge >= 0.3 is 6.18 Å². The second-order valence-corrected chi connectivity index (χ2v) is 9.86. The maximum atomic E-state index is 12.8. The molecule has 6 nitrogen and oxygen atoms in total. The van der Waals surface area contributed by atoms with Gasteiger partial charge in [0.1, 0.15) is 10.6 Å². The van der Waals surface area contributed by atoms with Gasteiger partial charge in [0.25, 0.3) is 0 Å². The molecule has 0 bridgehead atoms. The Morgan fingerprint density at radius 3 is 2.43 bits per heavy atom. The molecule has 1 aromatic rings. The highest BCUT2D eigenvalue weighted by atomic mass is 32.2. The first-order valence-corrected chi connectivity index (χ1v) is 10.7. The van der Waals surface area contributed by atoms with Crippen LogP contribution < -0.4 is 0 Å². The van der Waals surface area contributed by atoms with Gasteiger partial charge in [0.2, 0.25) is 10.0 Å². The second-order valence-electron chi connectivity index (χ2n) is 7.95. The lowest BCUT2D eigenvalue weighted by atomic mass is 9.74. The fraction of sp³-hybridized carbons (Fsp3) is 0.722. The van der Waals surface area contributed by atoms with Crippen molar-refractivity contribution < 1.29 is 26.3 Å². The monoisotopic (exact) mass is 421 g/mol. The summed E-state index contributed by atoms with van der Waals surface area (Å²) in [7, 11) is -2.13. The maximum absolute atomic E-state index is 12.8. The van der Waals surface area contributed by atoms with E-state index in [9.17, 15) is 21.6 Å². The summed E-state index contributed by atoms with van der Waals surface area (Å²) in [5.74, 6) is 0. The molecule has 0 radical (unpaired) electrons. The van der Waals surface area contributed by atoms with E-state index in [-0.39, 0.29) is 22.1 Å². The van der Waals surface area contributed by atoms with Crippen LogP contribution in [0, 0.1) is 12.3 Å². The van der Waals surface area contributed by atoms with Crippen molar-refractivity contribution in [1.82, 2.24) is 14.2 Å². The zero-order valence-electron chi connectivity index (χ0n) is 16.3. The third kappa shape index (κ3) is 4.19. The fourth-order valence-corrected chi connectivity index (χ4v) is 5.80. The number of nitrogens with zero attached hydrogens (tertiary/aromatic N) is 3. The van der Waals surface area contributed by atoms with Gasteiger partial charge in [-0.15, -0.1) is 0 Å². The van der Waals surface area contributed by atoms with E-state index in [2.05, 4.69) is 9.88 Å². The molecule has 1 spiro atoms. The molecule has 10 heteroatoms. The molecule has 0 aliphatic carbocycles. The standard InChI is InChI=1S/C18H26F3N3O3S/c1-13(27-3)5-4-8-23-9-17(10-23)11-24(12-17)28(25,26)15-6-7-16(18(19,20)21)22-14(15)2/h6-7,13H,4-5,8-12H2,1-3H3. The van der Waals surface area contributed by atoms with Crippen LogP contribution in [0.5, 0.6) is 0 Å². The number of likely N-dealkylation sites (tertiary alicyclic amines) is 1. The highest BCUT2D eigenvalue weighted by Gasteiger charge is 2.55. The van der Waals surface area contributed by atoms with Crippen molar-refractivity contribution in [3.05, 3.63) is 23.5 Å². The van der Waals surface area contributed by atoms with Crippen LogP contribution in [0.4, 0.5) is 13.2 Å². The maximum Gasteiger partial charge on any atom is 0.433 e. The molecule has 0 amide bonds. The van der Waals surface area contributed by atoms with Crippen molar-refractivity contribution in [3.8, 4) is 0 Å². The van der Waals surface area contributed by atoms with E-state index in [4.69, 9.17) is 4.74 Å². The van der Waals surface area contributed by atoms with Crippen molar-refractivity contribution >= 4 is 10.0 Å². The average Bonchev–Trinajstić information content (AvgIpc) is 2.53. The smallest absolute Gasteiger partial charge is 0.382 e.